The summed E-state index contributed by atoms with van der Waals surface area (Å²) in [6.45, 7) is 5.60. The van der Waals surface area contributed by atoms with E-state index in [0.717, 1.165) is 18.4 Å². The van der Waals surface area contributed by atoms with Gasteiger partial charge in [-0.1, -0.05) is 13.8 Å². The summed E-state index contributed by atoms with van der Waals surface area (Å²) in [6.07, 6.45) is 2.75. The Morgan fingerprint density at radius 1 is 1.38 bits per heavy atom. The van der Waals surface area contributed by atoms with Crippen LogP contribution in [-0.2, 0) is 16.4 Å². The van der Waals surface area contributed by atoms with E-state index in [1.54, 1.807) is 24.1 Å². The number of carbonyl (C=O) groups is 1. The SMILES string of the molecule is CN(CC(C)(C)CN)C(=O)c1ccc2c(c1)CCCN2S(C)(=O)=O. The van der Waals surface area contributed by atoms with E-state index in [1.165, 1.54) is 10.6 Å². The van der Waals surface area contributed by atoms with Gasteiger partial charge in [-0.25, -0.2) is 8.42 Å². The summed E-state index contributed by atoms with van der Waals surface area (Å²) in [6, 6.07) is 5.27. The average Bonchev–Trinajstić information content (AvgIpc) is 2.51. The largest absolute Gasteiger partial charge is 0.341 e. The van der Waals surface area contributed by atoms with Crippen LogP contribution < -0.4 is 10.0 Å². The van der Waals surface area contributed by atoms with Crippen LogP contribution in [0.5, 0.6) is 0 Å². The third kappa shape index (κ3) is 4.08. The van der Waals surface area contributed by atoms with Gasteiger partial charge < -0.3 is 10.6 Å². The normalized spacial score (nSPS) is 15.1. The van der Waals surface area contributed by atoms with Crippen LogP contribution in [0.1, 0.15) is 36.2 Å². The number of anilines is 1. The molecule has 2 rings (SSSR count). The molecule has 2 N–H and O–H groups in total. The molecule has 0 radical (unpaired) electrons. The van der Waals surface area contributed by atoms with Crippen LogP contribution in [0.3, 0.4) is 0 Å². The molecule has 0 saturated carbocycles. The molecule has 0 aliphatic carbocycles. The summed E-state index contributed by atoms with van der Waals surface area (Å²) in [4.78, 5) is 14.3. The summed E-state index contributed by atoms with van der Waals surface area (Å²) in [5.74, 6) is -0.0733. The van der Waals surface area contributed by atoms with Crippen molar-refractivity contribution in [3.8, 4) is 0 Å². The Kier molecular flexibility index (Phi) is 5.25. The molecule has 1 aliphatic heterocycles. The zero-order valence-corrected chi connectivity index (χ0v) is 15.7. The average molecular weight is 353 g/mol. The number of rotatable bonds is 5. The molecule has 0 atom stereocenters. The Balaban J connectivity index is 2.27. The van der Waals surface area contributed by atoms with E-state index in [9.17, 15) is 13.2 Å². The van der Waals surface area contributed by atoms with Crippen LogP contribution >= 0.6 is 0 Å². The highest BCUT2D eigenvalue weighted by Crippen LogP contribution is 2.30. The van der Waals surface area contributed by atoms with Crippen molar-refractivity contribution in [3.05, 3.63) is 29.3 Å². The van der Waals surface area contributed by atoms with Gasteiger partial charge in [0.1, 0.15) is 0 Å². The fourth-order valence-corrected chi connectivity index (χ4v) is 4.04. The Morgan fingerprint density at radius 3 is 2.62 bits per heavy atom. The van der Waals surface area contributed by atoms with Crippen molar-refractivity contribution in [1.29, 1.82) is 0 Å². The van der Waals surface area contributed by atoms with Crippen molar-refractivity contribution in [1.82, 2.24) is 4.90 Å². The van der Waals surface area contributed by atoms with E-state index in [2.05, 4.69) is 0 Å². The maximum Gasteiger partial charge on any atom is 0.253 e. The molecule has 1 aromatic carbocycles. The highest BCUT2D eigenvalue weighted by atomic mass is 32.2. The first-order valence-corrected chi connectivity index (χ1v) is 9.96. The first kappa shape index (κ1) is 18.7. The summed E-state index contributed by atoms with van der Waals surface area (Å²) in [5, 5.41) is 0. The van der Waals surface area contributed by atoms with E-state index in [-0.39, 0.29) is 11.3 Å². The van der Waals surface area contributed by atoms with Gasteiger partial charge in [-0.3, -0.25) is 9.10 Å². The van der Waals surface area contributed by atoms with Crippen LogP contribution in [0.2, 0.25) is 0 Å². The maximum absolute atomic E-state index is 12.7. The van der Waals surface area contributed by atoms with E-state index in [4.69, 9.17) is 5.73 Å². The number of aryl methyl sites for hydroxylation is 1. The molecule has 7 heteroatoms. The molecule has 0 spiro atoms. The minimum Gasteiger partial charge on any atom is -0.341 e. The highest BCUT2D eigenvalue weighted by molar-refractivity contribution is 7.92. The van der Waals surface area contributed by atoms with Gasteiger partial charge in [-0.15, -0.1) is 0 Å². The van der Waals surface area contributed by atoms with E-state index >= 15 is 0 Å². The van der Waals surface area contributed by atoms with Crippen molar-refractivity contribution in [2.24, 2.45) is 11.1 Å². The summed E-state index contributed by atoms with van der Waals surface area (Å²) in [7, 11) is -1.53. The zero-order chi connectivity index (χ0) is 18.1. The molecule has 0 aromatic heterocycles. The van der Waals surface area contributed by atoms with Gasteiger partial charge in [0.15, 0.2) is 0 Å². The molecule has 24 heavy (non-hydrogen) atoms. The van der Waals surface area contributed by atoms with Gasteiger partial charge in [-0.2, -0.15) is 0 Å². The molecule has 1 amide bonds. The van der Waals surface area contributed by atoms with Gasteiger partial charge in [0.2, 0.25) is 10.0 Å². The van der Waals surface area contributed by atoms with Crippen LogP contribution in [0, 0.1) is 5.41 Å². The zero-order valence-electron chi connectivity index (χ0n) is 14.9. The van der Waals surface area contributed by atoms with Gasteiger partial charge in [-0.05, 0) is 48.6 Å². The Labute approximate surface area is 144 Å². The molecular formula is C17H27N3O3S. The number of benzene rings is 1. The van der Waals surface area contributed by atoms with Gasteiger partial charge in [0, 0.05) is 25.7 Å². The lowest BCUT2D eigenvalue weighted by Gasteiger charge is -2.31. The number of carbonyl (C=O) groups excluding carboxylic acids is 1. The van der Waals surface area contributed by atoms with Gasteiger partial charge in [0.25, 0.3) is 5.91 Å². The standard InChI is InChI=1S/C17H27N3O3S/c1-17(2,11-18)12-19(3)16(21)14-7-8-15-13(10-14)6-5-9-20(15)24(4,22)23/h7-8,10H,5-6,9,11-12,18H2,1-4H3. The molecule has 1 aromatic rings. The first-order chi connectivity index (χ1) is 11.0. The lowest BCUT2D eigenvalue weighted by atomic mass is 9.93. The van der Waals surface area contributed by atoms with Crippen molar-refractivity contribution in [2.75, 3.05) is 37.2 Å². The van der Waals surface area contributed by atoms with Crippen LogP contribution in [0.25, 0.3) is 0 Å². The van der Waals surface area contributed by atoms with Crippen LogP contribution in [-0.4, -0.2) is 52.2 Å². The monoisotopic (exact) mass is 353 g/mol. The molecule has 134 valence electrons. The molecule has 6 nitrogen and oxygen atoms in total. The summed E-state index contributed by atoms with van der Waals surface area (Å²) < 4.78 is 25.2. The lowest BCUT2D eigenvalue weighted by Crippen LogP contribution is -2.40. The van der Waals surface area contributed by atoms with Crippen molar-refractivity contribution in [3.63, 3.8) is 0 Å². The number of nitrogens with zero attached hydrogens (tertiary/aromatic N) is 2. The number of fused-ring (bicyclic) bond motifs is 1. The lowest BCUT2D eigenvalue weighted by molar-refractivity contribution is 0.0740. The maximum atomic E-state index is 12.7. The fraction of sp³-hybridized carbons (Fsp3) is 0.588. The predicted molar refractivity (Wildman–Crippen MR) is 96.7 cm³/mol. The molecule has 1 aliphatic rings. The van der Waals surface area contributed by atoms with E-state index in [1.807, 2.05) is 19.9 Å². The Morgan fingerprint density at radius 2 is 2.04 bits per heavy atom. The second kappa shape index (κ2) is 6.72. The van der Waals surface area contributed by atoms with Crippen molar-refractivity contribution in [2.45, 2.75) is 26.7 Å². The van der Waals surface area contributed by atoms with Crippen LogP contribution in [0.4, 0.5) is 5.69 Å². The third-order valence-corrected chi connectivity index (χ3v) is 5.55. The molecule has 1 heterocycles. The fourth-order valence-electron chi connectivity index (χ4n) is 3.04. The number of nitrogens with two attached hydrogens (primary N) is 1. The molecule has 0 bridgehead atoms. The molecule has 0 fully saturated rings. The van der Waals surface area contributed by atoms with Crippen molar-refractivity contribution < 1.29 is 13.2 Å². The summed E-state index contributed by atoms with van der Waals surface area (Å²) >= 11 is 0. The quantitative estimate of drug-likeness (QED) is 0.868. The van der Waals surface area contributed by atoms with Gasteiger partial charge >= 0.3 is 0 Å². The highest BCUT2D eigenvalue weighted by Gasteiger charge is 2.26. The van der Waals surface area contributed by atoms with E-state index in [0.29, 0.717) is 30.9 Å². The number of hydrogen-bond donors (Lipinski definition) is 1. The predicted octanol–water partition coefficient (Wildman–Crippen LogP) is 1.46. The molecule has 0 unspecified atom stereocenters. The minimum atomic E-state index is -3.29. The second-order valence-electron chi connectivity index (χ2n) is 7.31. The Bertz CT molecular complexity index is 729. The second-order valence-corrected chi connectivity index (χ2v) is 9.22. The minimum absolute atomic E-state index is 0.0733. The first-order valence-electron chi connectivity index (χ1n) is 8.11. The van der Waals surface area contributed by atoms with Crippen molar-refractivity contribution >= 4 is 21.6 Å². The number of hydrogen-bond acceptors (Lipinski definition) is 4. The number of amides is 1. The summed E-state index contributed by atoms with van der Waals surface area (Å²) in [5.41, 5.74) is 7.77. The van der Waals surface area contributed by atoms with E-state index < -0.39 is 10.0 Å². The number of sulfonamides is 1. The van der Waals surface area contributed by atoms with Crippen LogP contribution in [0.15, 0.2) is 18.2 Å². The Hall–Kier alpha value is -1.60. The topological polar surface area (TPSA) is 83.7 Å². The third-order valence-electron chi connectivity index (χ3n) is 4.37. The smallest absolute Gasteiger partial charge is 0.253 e. The molecule has 0 saturated heterocycles. The van der Waals surface area contributed by atoms with Gasteiger partial charge in [0.05, 0.1) is 11.9 Å². The molecular weight excluding hydrogens is 326 g/mol.